The van der Waals surface area contributed by atoms with Crippen molar-refractivity contribution in [3.63, 3.8) is 0 Å². The Bertz CT molecular complexity index is 736. The standard InChI is InChI=1S/C19H22N2/c1-14-3-5-16(6-4-14)13-21-10-9-18-12-17(11-15(2)20)7-8-19(18)21/h3-10,12,15H,11,13,20H2,1-2H3. The van der Waals surface area contributed by atoms with Gasteiger partial charge in [-0.2, -0.15) is 0 Å². The van der Waals surface area contributed by atoms with Crippen molar-refractivity contribution in [2.24, 2.45) is 5.73 Å². The summed E-state index contributed by atoms with van der Waals surface area (Å²) >= 11 is 0. The molecule has 108 valence electrons. The SMILES string of the molecule is Cc1ccc(Cn2ccc3cc(CC(C)N)ccc32)cc1. The Morgan fingerprint density at radius 2 is 1.71 bits per heavy atom. The molecule has 0 spiro atoms. The van der Waals surface area contributed by atoms with Crippen molar-refractivity contribution < 1.29 is 0 Å². The van der Waals surface area contributed by atoms with Crippen molar-refractivity contribution in [2.75, 3.05) is 0 Å². The first-order chi connectivity index (χ1) is 10.1. The summed E-state index contributed by atoms with van der Waals surface area (Å²) in [7, 11) is 0. The fraction of sp³-hybridized carbons (Fsp3) is 0.263. The number of fused-ring (bicyclic) bond motifs is 1. The molecule has 0 radical (unpaired) electrons. The second-order valence-electron chi connectivity index (χ2n) is 6.00. The van der Waals surface area contributed by atoms with Crippen molar-refractivity contribution >= 4 is 10.9 Å². The third-order valence-corrected chi connectivity index (χ3v) is 3.87. The van der Waals surface area contributed by atoms with Crippen molar-refractivity contribution in [1.82, 2.24) is 4.57 Å². The number of aryl methyl sites for hydroxylation is 1. The molecule has 1 aromatic heterocycles. The van der Waals surface area contributed by atoms with Gasteiger partial charge in [-0.1, -0.05) is 35.9 Å². The lowest BCUT2D eigenvalue weighted by Crippen LogP contribution is -2.17. The molecule has 0 saturated heterocycles. The highest BCUT2D eigenvalue weighted by Gasteiger charge is 2.04. The molecule has 0 bridgehead atoms. The molecule has 2 nitrogen and oxygen atoms in total. The molecule has 2 aromatic carbocycles. The molecule has 0 fully saturated rings. The zero-order chi connectivity index (χ0) is 14.8. The number of nitrogens with zero attached hydrogens (tertiary/aromatic N) is 1. The Morgan fingerprint density at radius 1 is 1.00 bits per heavy atom. The monoisotopic (exact) mass is 278 g/mol. The van der Waals surface area contributed by atoms with E-state index in [-0.39, 0.29) is 6.04 Å². The summed E-state index contributed by atoms with van der Waals surface area (Å²) in [4.78, 5) is 0. The molecule has 3 rings (SSSR count). The minimum atomic E-state index is 0.206. The van der Waals surface area contributed by atoms with E-state index in [1.165, 1.54) is 27.6 Å². The van der Waals surface area contributed by atoms with Gasteiger partial charge in [0.1, 0.15) is 0 Å². The maximum Gasteiger partial charge on any atom is 0.0483 e. The van der Waals surface area contributed by atoms with E-state index in [2.05, 4.69) is 66.2 Å². The van der Waals surface area contributed by atoms with E-state index in [4.69, 9.17) is 5.73 Å². The van der Waals surface area contributed by atoms with Gasteiger partial charge in [0.15, 0.2) is 0 Å². The van der Waals surface area contributed by atoms with E-state index >= 15 is 0 Å². The molecule has 0 saturated carbocycles. The van der Waals surface area contributed by atoms with Gasteiger partial charge in [-0.05, 0) is 55.0 Å². The molecule has 2 N–H and O–H groups in total. The number of hydrogen-bond donors (Lipinski definition) is 1. The molecule has 0 aliphatic heterocycles. The normalized spacial score (nSPS) is 12.7. The van der Waals surface area contributed by atoms with Crippen LogP contribution in [0.1, 0.15) is 23.6 Å². The molecule has 1 unspecified atom stereocenters. The molecule has 2 heteroatoms. The largest absolute Gasteiger partial charge is 0.343 e. The minimum absolute atomic E-state index is 0.206. The summed E-state index contributed by atoms with van der Waals surface area (Å²) in [5.74, 6) is 0. The van der Waals surface area contributed by atoms with E-state index in [1.54, 1.807) is 0 Å². The van der Waals surface area contributed by atoms with E-state index in [9.17, 15) is 0 Å². The van der Waals surface area contributed by atoms with Crippen molar-refractivity contribution in [2.45, 2.75) is 32.9 Å². The first-order valence-electron chi connectivity index (χ1n) is 7.51. The molecule has 3 aromatic rings. The first-order valence-corrected chi connectivity index (χ1v) is 7.51. The van der Waals surface area contributed by atoms with Crippen LogP contribution in [-0.2, 0) is 13.0 Å². The van der Waals surface area contributed by atoms with Crippen LogP contribution in [0.15, 0.2) is 54.7 Å². The highest BCUT2D eigenvalue weighted by molar-refractivity contribution is 5.81. The van der Waals surface area contributed by atoms with Gasteiger partial charge in [0.05, 0.1) is 0 Å². The van der Waals surface area contributed by atoms with Gasteiger partial charge in [-0.25, -0.2) is 0 Å². The molecular formula is C19H22N2. The average Bonchev–Trinajstić information content (AvgIpc) is 2.83. The van der Waals surface area contributed by atoms with Gasteiger partial charge in [0, 0.05) is 24.3 Å². The molecule has 0 aliphatic carbocycles. The van der Waals surface area contributed by atoms with Crippen LogP contribution in [0.2, 0.25) is 0 Å². The van der Waals surface area contributed by atoms with Gasteiger partial charge in [0.25, 0.3) is 0 Å². The number of benzene rings is 2. The Kier molecular flexibility index (Phi) is 3.80. The highest BCUT2D eigenvalue weighted by atomic mass is 14.9. The zero-order valence-corrected chi connectivity index (χ0v) is 12.7. The second-order valence-corrected chi connectivity index (χ2v) is 6.00. The van der Waals surface area contributed by atoms with Gasteiger partial charge in [0.2, 0.25) is 0 Å². The fourth-order valence-corrected chi connectivity index (χ4v) is 2.78. The van der Waals surface area contributed by atoms with E-state index < -0.39 is 0 Å². The third-order valence-electron chi connectivity index (χ3n) is 3.87. The van der Waals surface area contributed by atoms with Crippen LogP contribution in [0.4, 0.5) is 0 Å². The predicted molar refractivity (Wildman–Crippen MR) is 89.6 cm³/mol. The van der Waals surface area contributed by atoms with Gasteiger partial charge >= 0.3 is 0 Å². The number of aromatic nitrogens is 1. The van der Waals surface area contributed by atoms with Crippen LogP contribution in [-0.4, -0.2) is 10.6 Å². The third kappa shape index (κ3) is 3.17. The minimum Gasteiger partial charge on any atom is -0.343 e. The molecule has 1 heterocycles. The molecular weight excluding hydrogens is 256 g/mol. The summed E-state index contributed by atoms with van der Waals surface area (Å²) in [6.07, 6.45) is 3.10. The van der Waals surface area contributed by atoms with Crippen molar-refractivity contribution in [3.05, 3.63) is 71.4 Å². The topological polar surface area (TPSA) is 30.9 Å². The van der Waals surface area contributed by atoms with Crippen molar-refractivity contribution in [3.8, 4) is 0 Å². The quantitative estimate of drug-likeness (QED) is 0.771. The lowest BCUT2D eigenvalue weighted by Gasteiger charge is -2.08. The first kappa shape index (κ1) is 13.9. The van der Waals surface area contributed by atoms with E-state index in [0.717, 1.165) is 13.0 Å². The van der Waals surface area contributed by atoms with E-state index in [0.29, 0.717) is 0 Å². The number of nitrogens with two attached hydrogens (primary N) is 1. The summed E-state index contributed by atoms with van der Waals surface area (Å²) in [5.41, 5.74) is 11.1. The Morgan fingerprint density at radius 3 is 2.43 bits per heavy atom. The highest BCUT2D eigenvalue weighted by Crippen LogP contribution is 2.20. The van der Waals surface area contributed by atoms with Crippen LogP contribution in [0.25, 0.3) is 10.9 Å². The smallest absolute Gasteiger partial charge is 0.0483 e. The number of rotatable bonds is 4. The maximum absolute atomic E-state index is 5.88. The van der Waals surface area contributed by atoms with Crippen LogP contribution in [0.5, 0.6) is 0 Å². The van der Waals surface area contributed by atoms with Crippen LogP contribution < -0.4 is 5.73 Å². The summed E-state index contributed by atoms with van der Waals surface area (Å²) in [5, 5.41) is 1.29. The van der Waals surface area contributed by atoms with Gasteiger partial charge in [-0.15, -0.1) is 0 Å². The molecule has 0 amide bonds. The average molecular weight is 278 g/mol. The predicted octanol–water partition coefficient (Wildman–Crippen LogP) is 3.89. The summed E-state index contributed by atoms with van der Waals surface area (Å²) in [6.45, 7) is 5.08. The lowest BCUT2D eigenvalue weighted by atomic mass is 10.1. The fourth-order valence-electron chi connectivity index (χ4n) is 2.78. The Labute approximate surface area is 126 Å². The summed E-state index contributed by atoms with van der Waals surface area (Å²) in [6, 6.07) is 17.8. The van der Waals surface area contributed by atoms with Crippen LogP contribution in [0.3, 0.4) is 0 Å². The molecule has 1 atom stereocenters. The zero-order valence-electron chi connectivity index (χ0n) is 12.7. The number of hydrogen-bond acceptors (Lipinski definition) is 1. The summed E-state index contributed by atoms with van der Waals surface area (Å²) < 4.78 is 2.30. The van der Waals surface area contributed by atoms with Gasteiger partial charge < -0.3 is 10.3 Å². The molecule has 21 heavy (non-hydrogen) atoms. The second kappa shape index (κ2) is 5.74. The van der Waals surface area contributed by atoms with Gasteiger partial charge in [-0.3, -0.25) is 0 Å². The Balaban J connectivity index is 1.88. The Hall–Kier alpha value is -2.06. The van der Waals surface area contributed by atoms with Crippen molar-refractivity contribution in [1.29, 1.82) is 0 Å². The molecule has 0 aliphatic rings. The van der Waals surface area contributed by atoms with Crippen LogP contribution in [0, 0.1) is 6.92 Å². The van der Waals surface area contributed by atoms with Crippen LogP contribution >= 0.6 is 0 Å². The maximum atomic E-state index is 5.88. The van der Waals surface area contributed by atoms with E-state index in [1.807, 2.05) is 6.92 Å². The lowest BCUT2D eigenvalue weighted by molar-refractivity contribution is 0.738.